The van der Waals surface area contributed by atoms with Crippen LogP contribution in [0.5, 0.6) is 5.75 Å². The van der Waals surface area contributed by atoms with Gasteiger partial charge in [0, 0.05) is 17.3 Å². The average Bonchev–Trinajstić information content (AvgIpc) is 2.47. The molecule has 1 aromatic carbocycles. The predicted octanol–water partition coefficient (Wildman–Crippen LogP) is 2.75. The number of aromatic nitrogens is 1. The number of hydrazone groups is 1. The van der Waals surface area contributed by atoms with E-state index in [1.54, 1.807) is 26.2 Å². The van der Waals surface area contributed by atoms with E-state index in [0.717, 1.165) is 5.56 Å². The fourth-order valence-corrected chi connectivity index (χ4v) is 1.72. The minimum Gasteiger partial charge on any atom is -0.496 e. The third kappa shape index (κ3) is 3.53. The molecular formula is C14H14N4O3. The van der Waals surface area contributed by atoms with Crippen LogP contribution in [-0.4, -0.2) is 23.2 Å². The number of nitro groups is 1. The van der Waals surface area contributed by atoms with E-state index >= 15 is 0 Å². The molecule has 1 aromatic heterocycles. The molecule has 0 aliphatic rings. The molecule has 0 saturated heterocycles. The molecule has 1 N–H and O–H groups in total. The molecule has 0 unspecified atom stereocenters. The standard InChI is InChI=1S/C14H14N4O3/c1-10-7-8-12(18(19)20)14(16-10)17-15-9-11-5-3-4-6-13(11)21-2/h3-9H,1-2H3,(H,16,17)/b15-9-. The highest BCUT2D eigenvalue weighted by Crippen LogP contribution is 2.22. The van der Waals surface area contributed by atoms with Crippen LogP contribution in [0.3, 0.4) is 0 Å². The molecule has 7 heteroatoms. The molecule has 1 heterocycles. The van der Waals surface area contributed by atoms with Crippen LogP contribution < -0.4 is 10.2 Å². The van der Waals surface area contributed by atoms with Crippen LogP contribution >= 0.6 is 0 Å². The number of pyridine rings is 1. The summed E-state index contributed by atoms with van der Waals surface area (Å²) in [6, 6.07) is 10.3. The Balaban J connectivity index is 2.21. The van der Waals surface area contributed by atoms with Gasteiger partial charge in [-0.15, -0.1) is 0 Å². The van der Waals surface area contributed by atoms with Gasteiger partial charge in [-0.05, 0) is 25.1 Å². The van der Waals surface area contributed by atoms with Crippen molar-refractivity contribution in [2.75, 3.05) is 12.5 Å². The maximum absolute atomic E-state index is 10.9. The summed E-state index contributed by atoms with van der Waals surface area (Å²) in [6.45, 7) is 1.75. The molecule has 0 fully saturated rings. The zero-order valence-corrected chi connectivity index (χ0v) is 11.6. The predicted molar refractivity (Wildman–Crippen MR) is 79.8 cm³/mol. The summed E-state index contributed by atoms with van der Waals surface area (Å²) in [5.41, 5.74) is 3.88. The number of aryl methyl sites for hydroxylation is 1. The first-order valence-corrected chi connectivity index (χ1v) is 6.16. The Morgan fingerprint density at radius 3 is 2.81 bits per heavy atom. The van der Waals surface area contributed by atoms with Crippen molar-refractivity contribution in [2.45, 2.75) is 6.92 Å². The van der Waals surface area contributed by atoms with E-state index in [9.17, 15) is 10.1 Å². The summed E-state index contributed by atoms with van der Waals surface area (Å²) in [6.07, 6.45) is 1.52. The SMILES string of the molecule is COc1ccccc1/C=N\Nc1nc(C)ccc1[N+](=O)[O-]. The molecular weight excluding hydrogens is 272 g/mol. The molecule has 21 heavy (non-hydrogen) atoms. The topological polar surface area (TPSA) is 89.7 Å². The van der Waals surface area contributed by atoms with Crippen LogP contribution in [0.1, 0.15) is 11.3 Å². The highest BCUT2D eigenvalue weighted by atomic mass is 16.6. The van der Waals surface area contributed by atoms with Crippen LogP contribution in [0.25, 0.3) is 0 Å². The second kappa shape index (κ2) is 6.47. The molecule has 0 amide bonds. The number of nitrogens with one attached hydrogen (secondary N) is 1. The van der Waals surface area contributed by atoms with Crippen LogP contribution in [-0.2, 0) is 0 Å². The van der Waals surface area contributed by atoms with Crippen molar-refractivity contribution in [1.82, 2.24) is 4.98 Å². The quantitative estimate of drug-likeness (QED) is 0.518. The number of methoxy groups -OCH3 is 1. The van der Waals surface area contributed by atoms with E-state index in [2.05, 4.69) is 15.5 Å². The van der Waals surface area contributed by atoms with E-state index in [1.807, 2.05) is 18.2 Å². The smallest absolute Gasteiger partial charge is 0.313 e. The second-order valence-corrected chi connectivity index (χ2v) is 4.19. The third-order valence-corrected chi connectivity index (χ3v) is 2.72. The van der Waals surface area contributed by atoms with E-state index in [1.165, 1.54) is 12.3 Å². The monoisotopic (exact) mass is 286 g/mol. The Hall–Kier alpha value is -2.96. The molecule has 2 rings (SSSR count). The van der Waals surface area contributed by atoms with Gasteiger partial charge in [-0.25, -0.2) is 4.98 Å². The number of para-hydroxylation sites is 1. The molecule has 0 aliphatic heterocycles. The van der Waals surface area contributed by atoms with Crippen molar-refractivity contribution in [2.24, 2.45) is 5.10 Å². The van der Waals surface area contributed by atoms with Crippen molar-refractivity contribution in [3.05, 3.63) is 57.8 Å². The van der Waals surface area contributed by atoms with Crippen molar-refractivity contribution in [3.63, 3.8) is 0 Å². The zero-order chi connectivity index (χ0) is 15.2. The molecule has 2 aromatic rings. The molecule has 7 nitrogen and oxygen atoms in total. The summed E-state index contributed by atoms with van der Waals surface area (Å²) < 4.78 is 5.19. The Morgan fingerprint density at radius 1 is 1.33 bits per heavy atom. The number of hydrogen-bond acceptors (Lipinski definition) is 6. The average molecular weight is 286 g/mol. The summed E-state index contributed by atoms with van der Waals surface area (Å²) in [5.74, 6) is 0.765. The van der Waals surface area contributed by atoms with Crippen LogP contribution in [0, 0.1) is 17.0 Å². The minimum absolute atomic E-state index is 0.103. The number of hydrogen-bond donors (Lipinski definition) is 1. The van der Waals surface area contributed by atoms with Crippen molar-refractivity contribution < 1.29 is 9.66 Å². The fraction of sp³-hybridized carbons (Fsp3) is 0.143. The van der Waals surface area contributed by atoms with Crippen LogP contribution in [0.4, 0.5) is 11.5 Å². The van der Waals surface area contributed by atoms with Crippen molar-refractivity contribution in [1.29, 1.82) is 0 Å². The first-order valence-electron chi connectivity index (χ1n) is 6.16. The molecule has 0 spiro atoms. The third-order valence-electron chi connectivity index (χ3n) is 2.72. The molecule has 0 aliphatic carbocycles. The Labute approximate surface area is 121 Å². The number of benzene rings is 1. The van der Waals surface area contributed by atoms with E-state index in [4.69, 9.17) is 4.74 Å². The van der Waals surface area contributed by atoms with Gasteiger partial charge in [0.05, 0.1) is 18.2 Å². The number of anilines is 1. The lowest BCUT2D eigenvalue weighted by molar-refractivity contribution is -0.384. The number of ether oxygens (including phenoxy) is 1. The Bertz CT molecular complexity index is 686. The van der Waals surface area contributed by atoms with Gasteiger partial charge < -0.3 is 4.74 Å². The highest BCUT2D eigenvalue weighted by molar-refractivity contribution is 5.84. The summed E-state index contributed by atoms with van der Waals surface area (Å²) in [7, 11) is 1.56. The van der Waals surface area contributed by atoms with Gasteiger partial charge in [-0.1, -0.05) is 12.1 Å². The molecule has 0 saturated carbocycles. The van der Waals surface area contributed by atoms with Crippen molar-refractivity contribution >= 4 is 17.7 Å². The van der Waals surface area contributed by atoms with Crippen LogP contribution in [0.2, 0.25) is 0 Å². The molecule has 0 atom stereocenters. The second-order valence-electron chi connectivity index (χ2n) is 4.19. The van der Waals surface area contributed by atoms with Gasteiger partial charge in [0.15, 0.2) is 0 Å². The van der Waals surface area contributed by atoms with Gasteiger partial charge in [0.2, 0.25) is 5.82 Å². The highest BCUT2D eigenvalue weighted by Gasteiger charge is 2.14. The first kappa shape index (κ1) is 14.4. The van der Waals surface area contributed by atoms with Crippen molar-refractivity contribution in [3.8, 4) is 5.75 Å². The first-order chi connectivity index (χ1) is 10.1. The van der Waals surface area contributed by atoms with E-state index in [0.29, 0.717) is 11.4 Å². The minimum atomic E-state index is -0.507. The summed E-state index contributed by atoms with van der Waals surface area (Å²) in [5, 5.41) is 14.9. The lowest BCUT2D eigenvalue weighted by Crippen LogP contribution is -2.01. The van der Waals surface area contributed by atoms with Gasteiger partial charge in [0.25, 0.3) is 0 Å². The van der Waals surface area contributed by atoms with Gasteiger partial charge in [-0.2, -0.15) is 5.10 Å². The Morgan fingerprint density at radius 2 is 2.10 bits per heavy atom. The fourth-order valence-electron chi connectivity index (χ4n) is 1.72. The number of rotatable bonds is 5. The Kier molecular flexibility index (Phi) is 4.45. The summed E-state index contributed by atoms with van der Waals surface area (Å²) in [4.78, 5) is 14.5. The molecule has 108 valence electrons. The molecule has 0 bridgehead atoms. The lowest BCUT2D eigenvalue weighted by Gasteiger charge is -2.04. The lowest BCUT2D eigenvalue weighted by atomic mass is 10.2. The van der Waals surface area contributed by atoms with E-state index < -0.39 is 4.92 Å². The van der Waals surface area contributed by atoms with E-state index in [-0.39, 0.29) is 11.5 Å². The number of nitrogens with zero attached hydrogens (tertiary/aromatic N) is 3. The van der Waals surface area contributed by atoms with Crippen LogP contribution in [0.15, 0.2) is 41.5 Å². The zero-order valence-electron chi connectivity index (χ0n) is 11.6. The molecule has 0 radical (unpaired) electrons. The maximum Gasteiger partial charge on any atom is 0.313 e. The summed E-state index contributed by atoms with van der Waals surface area (Å²) >= 11 is 0. The maximum atomic E-state index is 10.9. The van der Waals surface area contributed by atoms with Gasteiger partial charge in [0.1, 0.15) is 5.75 Å². The van der Waals surface area contributed by atoms with Gasteiger partial charge in [-0.3, -0.25) is 15.5 Å². The normalized spacial score (nSPS) is 10.6. The van der Waals surface area contributed by atoms with Gasteiger partial charge >= 0.3 is 5.69 Å². The largest absolute Gasteiger partial charge is 0.496 e.